The van der Waals surface area contributed by atoms with Gasteiger partial charge in [0.05, 0.1) is 44.1 Å². The molecule has 0 spiro atoms. The van der Waals surface area contributed by atoms with E-state index in [9.17, 15) is 10.0 Å². The van der Waals surface area contributed by atoms with E-state index in [0.29, 0.717) is 5.46 Å². The third-order valence-corrected chi connectivity index (χ3v) is 16.6. The molecule has 16 rings (SSSR count). The van der Waals surface area contributed by atoms with E-state index in [-0.39, 0.29) is 31.4 Å². The maximum absolute atomic E-state index is 9.24. The molecule has 0 radical (unpaired) electrons. The summed E-state index contributed by atoms with van der Waals surface area (Å²) < 4.78 is 8.06. The summed E-state index contributed by atoms with van der Waals surface area (Å²) in [7, 11) is -1.44. The van der Waals surface area contributed by atoms with Crippen LogP contribution in [0.3, 0.4) is 0 Å². The summed E-state index contributed by atoms with van der Waals surface area (Å²) >= 11 is 6.90. The fourth-order valence-corrected chi connectivity index (χ4v) is 13.1. The van der Waals surface area contributed by atoms with E-state index in [4.69, 9.17) is 15.0 Å². The molecule has 0 aliphatic carbocycles. The van der Waals surface area contributed by atoms with Crippen molar-refractivity contribution < 1.29 is 10.0 Å². The van der Waals surface area contributed by atoms with Crippen LogP contribution in [0.25, 0.3) is 129 Å². The molecule has 0 unspecified atom stereocenters. The number of nitrogens with zero attached hydrogens (tertiary/aromatic N) is 6. The maximum atomic E-state index is 9.24. The molecule has 0 amide bonds. The highest BCUT2D eigenvalue weighted by atomic mass is 127. The summed E-state index contributed by atoms with van der Waals surface area (Å²) in [6.07, 6.45) is 0. The molecule has 8 nitrogen and oxygen atoms in total. The predicted octanol–water partition coefficient (Wildman–Crippen LogP) is 17.2. The van der Waals surface area contributed by atoms with Crippen molar-refractivity contribution in [2.75, 3.05) is 0 Å². The van der Waals surface area contributed by atoms with Gasteiger partial charge in [-0.05, 0) is 108 Å². The molecular formula is C65H45BBrIN6O2S2. The molecule has 0 bridgehead atoms. The Morgan fingerprint density at radius 2 is 0.731 bits per heavy atom. The first kappa shape index (κ1) is 50.9. The van der Waals surface area contributed by atoms with Gasteiger partial charge in [0.1, 0.15) is 20.7 Å². The van der Waals surface area contributed by atoms with Gasteiger partial charge >= 0.3 is 7.12 Å². The zero-order valence-electron chi connectivity index (χ0n) is 40.7. The van der Waals surface area contributed by atoms with Gasteiger partial charge in [0, 0.05) is 57.6 Å². The molecule has 0 atom stereocenters. The molecule has 10 aromatic carbocycles. The molecule has 6 aromatic heterocycles. The van der Waals surface area contributed by atoms with Crippen molar-refractivity contribution in [3.05, 3.63) is 235 Å². The highest BCUT2D eigenvalue weighted by Crippen LogP contribution is 2.38. The van der Waals surface area contributed by atoms with Gasteiger partial charge in [-0.15, -0.1) is 46.7 Å². The lowest BCUT2D eigenvalue weighted by Crippen LogP contribution is -2.29. The third-order valence-electron chi connectivity index (χ3n) is 14.0. The Labute approximate surface area is 481 Å². The van der Waals surface area contributed by atoms with Crippen LogP contribution in [0.4, 0.5) is 0 Å². The van der Waals surface area contributed by atoms with Crippen molar-refractivity contribution in [3.63, 3.8) is 0 Å². The molecule has 0 fully saturated rings. The van der Waals surface area contributed by atoms with Gasteiger partial charge in [0.2, 0.25) is 0 Å². The van der Waals surface area contributed by atoms with Crippen LogP contribution in [0.1, 0.15) is 7.43 Å². The number of hydrogen-bond donors (Lipinski definition) is 2. The van der Waals surface area contributed by atoms with E-state index in [0.717, 1.165) is 64.0 Å². The molecule has 6 heterocycles. The number of aromatic nitrogens is 6. The second-order valence-electron chi connectivity index (χ2n) is 18.5. The van der Waals surface area contributed by atoms with Crippen molar-refractivity contribution in [2.45, 2.75) is 7.43 Å². The summed E-state index contributed by atoms with van der Waals surface area (Å²) in [6.45, 7) is 0. The second kappa shape index (κ2) is 21.2. The van der Waals surface area contributed by atoms with E-state index < -0.39 is 7.12 Å². The summed E-state index contributed by atoms with van der Waals surface area (Å²) in [4.78, 5) is 21.2. The minimum absolute atomic E-state index is 0. The number of thiophene rings is 2. The van der Waals surface area contributed by atoms with Crippen molar-refractivity contribution in [1.82, 2.24) is 29.1 Å². The molecule has 376 valence electrons. The Morgan fingerprint density at radius 1 is 0.372 bits per heavy atom. The van der Waals surface area contributed by atoms with E-state index >= 15 is 0 Å². The lowest BCUT2D eigenvalue weighted by Gasteiger charge is -2.09. The van der Waals surface area contributed by atoms with Crippen molar-refractivity contribution in [2.24, 2.45) is 0 Å². The van der Waals surface area contributed by atoms with E-state index in [2.05, 4.69) is 157 Å². The average Bonchev–Trinajstić information content (AvgIpc) is 4.40. The molecule has 0 aliphatic rings. The number of benzene rings is 10. The topological polar surface area (TPSA) is 102 Å². The highest BCUT2D eigenvalue weighted by molar-refractivity contribution is 14.0. The van der Waals surface area contributed by atoms with Gasteiger partial charge in [-0.3, -0.25) is 0 Å². The first-order valence-electron chi connectivity index (χ1n) is 24.8. The van der Waals surface area contributed by atoms with Gasteiger partial charge < -0.3 is 19.2 Å². The minimum atomic E-state index is -1.44. The zero-order chi connectivity index (χ0) is 50.9. The molecule has 0 aliphatic heterocycles. The summed E-state index contributed by atoms with van der Waals surface area (Å²) in [6, 6.07) is 79.0. The smallest absolute Gasteiger partial charge is 0.423 e. The Hall–Kier alpha value is -7.89. The number of halogens is 2. The minimum Gasteiger partial charge on any atom is -0.423 e. The number of para-hydroxylation sites is 8. The summed E-state index contributed by atoms with van der Waals surface area (Å²) in [5, 5.41) is 25.8. The summed E-state index contributed by atoms with van der Waals surface area (Å²) in [5.41, 5.74) is 15.6. The first-order chi connectivity index (χ1) is 37.4. The third kappa shape index (κ3) is 9.05. The lowest BCUT2D eigenvalue weighted by molar-refractivity contribution is 0.426. The van der Waals surface area contributed by atoms with Gasteiger partial charge in [0.15, 0.2) is 0 Å². The normalized spacial score (nSPS) is 11.3. The van der Waals surface area contributed by atoms with Crippen molar-refractivity contribution in [1.29, 1.82) is 0 Å². The van der Waals surface area contributed by atoms with Crippen LogP contribution >= 0.6 is 62.6 Å². The zero-order valence-corrected chi connectivity index (χ0v) is 46.2. The number of rotatable bonds is 4. The van der Waals surface area contributed by atoms with Gasteiger partial charge in [0.25, 0.3) is 0 Å². The first-order valence-corrected chi connectivity index (χ1v) is 27.2. The van der Waals surface area contributed by atoms with Crippen molar-refractivity contribution >= 4 is 182 Å². The average molecular weight is 1220 g/mol. The maximum Gasteiger partial charge on any atom is 0.488 e. The van der Waals surface area contributed by atoms with Crippen LogP contribution in [0.5, 0.6) is 0 Å². The number of hydrogen-bond acceptors (Lipinski definition) is 8. The lowest BCUT2D eigenvalue weighted by atomic mass is 9.80. The molecule has 16 aromatic rings. The fourth-order valence-electron chi connectivity index (χ4n) is 10.4. The van der Waals surface area contributed by atoms with Crippen LogP contribution in [-0.2, 0) is 0 Å². The quantitative estimate of drug-likeness (QED) is 0.134. The van der Waals surface area contributed by atoms with E-state index in [1.54, 1.807) is 34.8 Å². The van der Waals surface area contributed by atoms with Crippen LogP contribution in [0.2, 0.25) is 0 Å². The van der Waals surface area contributed by atoms with Gasteiger partial charge in [-0.2, -0.15) is 0 Å². The Bertz CT molecular complexity index is 4800. The van der Waals surface area contributed by atoms with Crippen LogP contribution in [-0.4, -0.2) is 46.2 Å². The summed E-state index contributed by atoms with van der Waals surface area (Å²) in [5.74, 6) is 0. The molecule has 78 heavy (non-hydrogen) atoms. The Kier molecular flexibility index (Phi) is 13.8. The van der Waals surface area contributed by atoms with Crippen LogP contribution < -0.4 is 5.46 Å². The molecule has 13 heteroatoms. The predicted molar refractivity (Wildman–Crippen MR) is 345 cm³/mol. The van der Waals surface area contributed by atoms with Crippen molar-refractivity contribution in [3.8, 4) is 22.5 Å². The van der Waals surface area contributed by atoms with E-state index in [1.807, 2.05) is 91.0 Å². The number of fused-ring (bicyclic) bond motifs is 14. The van der Waals surface area contributed by atoms with Gasteiger partial charge in [-0.1, -0.05) is 163 Å². The molecule has 0 saturated carbocycles. The highest BCUT2D eigenvalue weighted by Gasteiger charge is 2.16. The second-order valence-corrected chi connectivity index (χ2v) is 21.5. The molecule has 2 N–H and O–H groups in total. The Balaban J connectivity index is 0.000000125. The standard InChI is InChI=1S/C32H19N3S.C18H14BNO2.C14H7BrN2S.CH4.HI/c1-5-11-28-23(7-1)24-8-2-6-12-29(24)35(28)22-16-13-20(14-17-22)21-15-18-25-30(19-21)36-32-31(25)33-26-9-3-4-10-27(26)34-32;21-19(22)13-9-11-14(12-10-13)20-17-7-3-1-5-15(17)16-6-2-4-8-18(16)20;15-8-5-6-9-12(7-8)18-14-13(9)16-10-3-1-2-4-11(10)17-14;;/h1-19H;1-12,21-22H;1-7H;1H4;1H. The largest absolute Gasteiger partial charge is 0.488 e. The Morgan fingerprint density at radius 3 is 1.17 bits per heavy atom. The van der Waals surface area contributed by atoms with Crippen LogP contribution in [0, 0.1) is 0 Å². The monoisotopic (exact) mass is 1220 g/mol. The van der Waals surface area contributed by atoms with Crippen LogP contribution in [0.15, 0.2) is 235 Å². The molecular weight excluding hydrogens is 1180 g/mol. The fraction of sp³-hybridized carbons (Fsp3) is 0.0154. The van der Waals surface area contributed by atoms with Gasteiger partial charge in [-0.25, -0.2) is 19.9 Å². The SMILES string of the molecule is Brc1ccc2c(c1)sc1nc3ccccc3nc12.C.I.OB(O)c1ccc(-n2c3ccccc3c3ccccc32)cc1.c1ccc2nc3c(nc2c1)sc1cc(-c2ccc(-n4c5ccccc5c5ccccc54)cc2)ccc13. The molecule has 0 saturated heterocycles. The van der Waals surface area contributed by atoms with E-state index in [1.165, 1.54) is 69.6 Å².